The fourth-order valence-electron chi connectivity index (χ4n) is 1.30. The zero-order valence-corrected chi connectivity index (χ0v) is 13.2. The van der Waals surface area contributed by atoms with Gasteiger partial charge in [-0.15, -0.1) is 0 Å². The molecule has 0 unspecified atom stereocenters. The molecule has 0 aliphatic carbocycles. The number of hydrogen-bond acceptors (Lipinski definition) is 3. The Morgan fingerprint density at radius 2 is 1.60 bits per heavy atom. The number of carbonyl (C=O) groups excluding carboxylic acids is 2. The molecular formula is C13H20ClN3O2S. The van der Waals surface area contributed by atoms with Gasteiger partial charge in [0.2, 0.25) is 0 Å². The number of rotatable bonds is 4. The minimum Gasteiger partial charge on any atom is -0.352 e. The molecule has 0 fully saturated rings. The van der Waals surface area contributed by atoms with Gasteiger partial charge in [0.05, 0.1) is 0 Å². The van der Waals surface area contributed by atoms with Crippen molar-refractivity contribution in [1.82, 2.24) is 4.90 Å². The molecule has 1 aromatic carbocycles. The van der Waals surface area contributed by atoms with E-state index in [1.54, 1.807) is 0 Å². The lowest BCUT2D eigenvalue weighted by molar-refractivity contribution is 0.228. The second-order valence-corrected chi connectivity index (χ2v) is 5.12. The highest BCUT2D eigenvalue weighted by Gasteiger charge is 2.09. The summed E-state index contributed by atoms with van der Waals surface area (Å²) in [7, 11) is 0. The van der Waals surface area contributed by atoms with E-state index in [1.165, 1.54) is 11.8 Å². The molecule has 7 heteroatoms. The maximum absolute atomic E-state index is 11.7. The van der Waals surface area contributed by atoms with Crippen LogP contribution in [-0.2, 0) is 5.75 Å². The van der Waals surface area contributed by atoms with E-state index in [0.29, 0.717) is 5.75 Å². The van der Waals surface area contributed by atoms with E-state index in [-0.39, 0.29) is 5.24 Å². The molecule has 1 aromatic rings. The second-order valence-electron chi connectivity index (χ2n) is 3.76. The summed E-state index contributed by atoms with van der Waals surface area (Å²) in [5.74, 6) is 0.701. The Balaban J connectivity index is 0.000000796. The maximum atomic E-state index is 11.7. The first kappa shape index (κ1) is 18.6. The lowest BCUT2D eigenvalue weighted by Crippen LogP contribution is -2.26. The van der Waals surface area contributed by atoms with Crippen LogP contribution in [-0.4, -0.2) is 29.3 Å². The van der Waals surface area contributed by atoms with Crippen LogP contribution in [0.15, 0.2) is 24.3 Å². The van der Waals surface area contributed by atoms with Gasteiger partial charge in [-0.25, -0.2) is 4.79 Å². The molecule has 0 atom stereocenters. The zero-order valence-electron chi connectivity index (χ0n) is 11.6. The largest absolute Gasteiger partial charge is 0.352 e. The predicted molar refractivity (Wildman–Crippen MR) is 84.8 cm³/mol. The minimum absolute atomic E-state index is 0.139. The molecule has 1 rings (SSSR count). The Kier molecular flexibility index (Phi) is 9.67. The number of hydrogen-bond donors (Lipinski definition) is 2. The molecular weight excluding hydrogens is 298 g/mol. The monoisotopic (exact) mass is 317 g/mol. The van der Waals surface area contributed by atoms with Gasteiger partial charge in [-0.2, -0.15) is 0 Å². The summed E-state index contributed by atoms with van der Waals surface area (Å²) in [6.45, 7) is 5.51. The van der Waals surface area contributed by atoms with Crippen molar-refractivity contribution in [3.63, 3.8) is 0 Å². The Morgan fingerprint density at radius 3 is 2.00 bits per heavy atom. The van der Waals surface area contributed by atoms with Crippen molar-refractivity contribution in [3.8, 4) is 0 Å². The Morgan fingerprint density at radius 1 is 1.15 bits per heavy atom. The quantitative estimate of drug-likeness (QED) is 0.894. The molecule has 0 aliphatic rings. The van der Waals surface area contributed by atoms with Crippen LogP contribution in [0.1, 0.15) is 19.4 Å². The van der Waals surface area contributed by atoms with Gasteiger partial charge < -0.3 is 16.4 Å². The van der Waals surface area contributed by atoms with Crippen LogP contribution in [0, 0.1) is 0 Å². The van der Waals surface area contributed by atoms with Crippen molar-refractivity contribution in [1.29, 1.82) is 0 Å². The summed E-state index contributed by atoms with van der Waals surface area (Å²) in [5, 5.41) is 0.865. The van der Waals surface area contributed by atoms with Gasteiger partial charge in [0.1, 0.15) is 0 Å². The summed E-state index contributed by atoms with van der Waals surface area (Å²) < 4.78 is 0. The van der Waals surface area contributed by atoms with E-state index < -0.39 is 6.03 Å². The molecule has 5 nitrogen and oxygen atoms in total. The number of benzene rings is 1. The lowest BCUT2D eigenvalue weighted by atomic mass is 10.2. The van der Waals surface area contributed by atoms with Crippen molar-refractivity contribution in [2.24, 2.45) is 11.5 Å². The maximum Gasteiger partial charge on any atom is 0.309 e. The summed E-state index contributed by atoms with van der Waals surface area (Å²) in [5.41, 5.74) is 9.62. The first-order valence-corrected chi connectivity index (χ1v) is 7.48. The number of primary amides is 2. The van der Waals surface area contributed by atoms with Crippen LogP contribution < -0.4 is 11.5 Å². The molecule has 20 heavy (non-hydrogen) atoms. The lowest BCUT2D eigenvalue weighted by Gasteiger charge is -2.17. The van der Waals surface area contributed by atoms with Gasteiger partial charge >= 0.3 is 6.03 Å². The number of halogens is 1. The van der Waals surface area contributed by atoms with Crippen molar-refractivity contribution >= 4 is 34.6 Å². The Hall–Kier alpha value is -1.40. The number of carbonyl (C=O) groups is 2. The van der Waals surface area contributed by atoms with Crippen LogP contribution in [0.2, 0.25) is 5.02 Å². The van der Waals surface area contributed by atoms with Crippen molar-refractivity contribution < 1.29 is 9.59 Å². The van der Waals surface area contributed by atoms with Gasteiger partial charge in [0.25, 0.3) is 5.24 Å². The molecule has 0 heterocycles. The normalized spacial score (nSPS) is 9.35. The molecule has 4 N–H and O–H groups in total. The standard InChI is InChI=1S/C12H16ClNOS.CH4N2O/c1-3-14(4-2)12(15)16-9-10-5-7-11(13)8-6-10;2-1(3)4/h5-8H,3-4,9H2,1-2H3;(H4,2,3,4). The van der Waals surface area contributed by atoms with Crippen molar-refractivity contribution in [2.45, 2.75) is 19.6 Å². The van der Waals surface area contributed by atoms with E-state index >= 15 is 0 Å². The minimum atomic E-state index is -0.833. The number of thioether (sulfide) groups is 1. The summed E-state index contributed by atoms with van der Waals surface area (Å²) in [6, 6.07) is 6.76. The molecule has 0 radical (unpaired) electrons. The molecule has 0 saturated heterocycles. The fourth-order valence-corrected chi connectivity index (χ4v) is 2.35. The predicted octanol–water partition coefficient (Wildman–Crippen LogP) is 3.06. The van der Waals surface area contributed by atoms with Gasteiger partial charge in [-0.05, 0) is 31.5 Å². The van der Waals surface area contributed by atoms with Gasteiger partial charge in [-0.3, -0.25) is 4.79 Å². The molecule has 0 aliphatic heterocycles. The van der Waals surface area contributed by atoms with Crippen LogP contribution in [0.4, 0.5) is 9.59 Å². The second kappa shape index (κ2) is 10.4. The zero-order chi connectivity index (χ0) is 15.5. The number of amides is 3. The summed E-state index contributed by atoms with van der Waals surface area (Å²) in [6.07, 6.45) is 0. The van der Waals surface area contributed by atoms with Crippen LogP contribution in [0.3, 0.4) is 0 Å². The third kappa shape index (κ3) is 8.66. The van der Waals surface area contributed by atoms with E-state index in [1.807, 2.05) is 43.0 Å². The third-order valence-corrected chi connectivity index (χ3v) is 3.53. The SMILES string of the molecule is CCN(CC)C(=O)SCc1ccc(Cl)cc1.NC(N)=O. The molecule has 0 spiro atoms. The number of nitrogens with two attached hydrogens (primary N) is 2. The topological polar surface area (TPSA) is 89.4 Å². The van der Waals surface area contributed by atoms with E-state index in [9.17, 15) is 4.79 Å². The first-order chi connectivity index (χ1) is 9.40. The van der Waals surface area contributed by atoms with Gasteiger partial charge in [-0.1, -0.05) is 35.5 Å². The van der Waals surface area contributed by atoms with E-state index in [0.717, 1.165) is 23.7 Å². The fraction of sp³-hybridized carbons (Fsp3) is 0.385. The highest BCUT2D eigenvalue weighted by Crippen LogP contribution is 2.18. The molecule has 0 bridgehead atoms. The molecule has 0 aromatic heterocycles. The Bertz CT molecular complexity index is 418. The summed E-state index contributed by atoms with van der Waals surface area (Å²) in [4.78, 5) is 22.5. The number of nitrogens with zero attached hydrogens (tertiary/aromatic N) is 1. The average Bonchev–Trinajstić information content (AvgIpc) is 2.39. The highest BCUT2D eigenvalue weighted by atomic mass is 35.5. The van der Waals surface area contributed by atoms with Crippen molar-refractivity contribution in [2.75, 3.05) is 13.1 Å². The van der Waals surface area contributed by atoms with Crippen LogP contribution >= 0.6 is 23.4 Å². The third-order valence-electron chi connectivity index (χ3n) is 2.30. The molecule has 112 valence electrons. The first-order valence-electron chi connectivity index (χ1n) is 6.11. The molecule has 3 amide bonds. The highest BCUT2D eigenvalue weighted by molar-refractivity contribution is 8.12. The smallest absolute Gasteiger partial charge is 0.309 e. The van der Waals surface area contributed by atoms with E-state index in [2.05, 4.69) is 11.5 Å². The van der Waals surface area contributed by atoms with Gasteiger partial charge in [0, 0.05) is 23.9 Å². The van der Waals surface area contributed by atoms with Crippen LogP contribution in [0.5, 0.6) is 0 Å². The van der Waals surface area contributed by atoms with Crippen LogP contribution in [0.25, 0.3) is 0 Å². The van der Waals surface area contributed by atoms with E-state index in [4.69, 9.17) is 16.4 Å². The van der Waals surface area contributed by atoms with Gasteiger partial charge in [0.15, 0.2) is 0 Å². The summed E-state index contributed by atoms with van der Waals surface area (Å²) >= 11 is 7.12. The average molecular weight is 318 g/mol. The Labute approximate surface area is 128 Å². The molecule has 0 saturated carbocycles. The van der Waals surface area contributed by atoms with Crippen molar-refractivity contribution in [3.05, 3.63) is 34.9 Å². The number of urea groups is 1.